The minimum atomic E-state index is -3.77. The Bertz CT molecular complexity index is 1130. The maximum absolute atomic E-state index is 13.7. The second-order valence-electron chi connectivity index (χ2n) is 9.43. The summed E-state index contributed by atoms with van der Waals surface area (Å²) in [6.07, 6.45) is 1.86. The van der Waals surface area contributed by atoms with Crippen LogP contribution in [-0.2, 0) is 26.2 Å². The van der Waals surface area contributed by atoms with Gasteiger partial charge >= 0.3 is 0 Å². The van der Waals surface area contributed by atoms with Gasteiger partial charge in [0, 0.05) is 12.6 Å². The molecule has 192 valence electrons. The quantitative estimate of drug-likeness (QED) is 0.500. The molecule has 0 aromatic heterocycles. The Morgan fingerprint density at radius 1 is 0.971 bits per heavy atom. The lowest BCUT2D eigenvalue weighted by Gasteiger charge is -2.33. The fourth-order valence-electron chi connectivity index (χ4n) is 3.82. The van der Waals surface area contributed by atoms with Crippen molar-refractivity contribution in [2.75, 3.05) is 17.1 Å². The summed E-state index contributed by atoms with van der Waals surface area (Å²) in [5, 5.41) is 2.94. The number of carbonyl (C=O) groups is 2. The van der Waals surface area contributed by atoms with Crippen LogP contribution in [-0.4, -0.2) is 50.0 Å². The first kappa shape index (κ1) is 28.4. The smallest absolute Gasteiger partial charge is 0.244 e. The summed E-state index contributed by atoms with van der Waals surface area (Å²) >= 11 is 0. The number of para-hydroxylation sites is 1. The van der Waals surface area contributed by atoms with E-state index in [9.17, 15) is 18.0 Å². The number of nitrogens with zero attached hydrogens (tertiary/aromatic N) is 2. The first-order valence-electron chi connectivity index (χ1n) is 12.1. The fraction of sp³-hybridized carbons (Fsp3) is 0.481. The predicted molar refractivity (Wildman–Crippen MR) is 142 cm³/mol. The van der Waals surface area contributed by atoms with Gasteiger partial charge < -0.3 is 10.2 Å². The SMILES string of the molecule is CC[C@H](C)NC(=O)[C@H](C)N(Cc1ccccc1C)C(=O)CN(c1ccccc1C(C)C)S(C)(=O)=O. The van der Waals surface area contributed by atoms with Crippen molar-refractivity contribution in [3.63, 3.8) is 0 Å². The maximum atomic E-state index is 13.7. The molecular weight excluding hydrogens is 462 g/mol. The fourth-order valence-corrected chi connectivity index (χ4v) is 4.69. The van der Waals surface area contributed by atoms with E-state index in [1.54, 1.807) is 19.1 Å². The molecule has 0 radical (unpaired) electrons. The van der Waals surface area contributed by atoms with Crippen LogP contribution in [0.5, 0.6) is 0 Å². The molecule has 1 N–H and O–H groups in total. The Balaban J connectivity index is 2.47. The molecule has 0 unspecified atom stereocenters. The van der Waals surface area contributed by atoms with E-state index in [0.29, 0.717) is 5.69 Å². The molecule has 0 heterocycles. The van der Waals surface area contributed by atoms with E-state index in [2.05, 4.69) is 5.32 Å². The maximum Gasteiger partial charge on any atom is 0.244 e. The van der Waals surface area contributed by atoms with Crippen LogP contribution in [0.25, 0.3) is 0 Å². The van der Waals surface area contributed by atoms with Crippen molar-refractivity contribution < 1.29 is 18.0 Å². The Morgan fingerprint density at radius 3 is 2.14 bits per heavy atom. The normalized spacial score (nSPS) is 13.3. The lowest BCUT2D eigenvalue weighted by Crippen LogP contribution is -2.52. The lowest BCUT2D eigenvalue weighted by atomic mass is 10.0. The highest BCUT2D eigenvalue weighted by Gasteiger charge is 2.31. The number of aryl methyl sites for hydroxylation is 1. The number of carbonyl (C=O) groups excluding carboxylic acids is 2. The zero-order valence-corrected chi connectivity index (χ0v) is 22.7. The van der Waals surface area contributed by atoms with Crippen LogP contribution in [0, 0.1) is 6.92 Å². The molecule has 0 spiro atoms. The van der Waals surface area contributed by atoms with E-state index in [0.717, 1.165) is 33.7 Å². The first-order chi connectivity index (χ1) is 16.4. The number of hydrogen-bond donors (Lipinski definition) is 1. The third kappa shape index (κ3) is 7.56. The van der Waals surface area contributed by atoms with Gasteiger partial charge in [-0.1, -0.05) is 63.2 Å². The molecule has 7 nitrogen and oxygen atoms in total. The van der Waals surface area contributed by atoms with Crippen LogP contribution in [0.1, 0.15) is 63.6 Å². The molecule has 2 rings (SSSR count). The molecule has 2 aromatic carbocycles. The largest absolute Gasteiger partial charge is 0.352 e. The van der Waals surface area contributed by atoms with Gasteiger partial charge in [0.05, 0.1) is 11.9 Å². The van der Waals surface area contributed by atoms with Crippen molar-refractivity contribution in [2.45, 2.75) is 72.5 Å². The van der Waals surface area contributed by atoms with E-state index in [4.69, 9.17) is 0 Å². The number of rotatable bonds is 11. The zero-order valence-electron chi connectivity index (χ0n) is 21.9. The molecule has 0 bridgehead atoms. The van der Waals surface area contributed by atoms with Crippen LogP contribution in [0.3, 0.4) is 0 Å². The number of hydrogen-bond acceptors (Lipinski definition) is 4. The summed E-state index contributed by atoms with van der Waals surface area (Å²) in [5.74, 6) is -0.646. The van der Waals surface area contributed by atoms with Crippen molar-refractivity contribution in [3.05, 3.63) is 65.2 Å². The molecule has 2 aromatic rings. The predicted octanol–water partition coefficient (Wildman–Crippen LogP) is 4.22. The Hall–Kier alpha value is -2.87. The topological polar surface area (TPSA) is 86.8 Å². The number of nitrogens with one attached hydrogen (secondary N) is 1. The molecule has 0 aliphatic rings. The molecule has 35 heavy (non-hydrogen) atoms. The molecule has 0 aliphatic carbocycles. The van der Waals surface area contributed by atoms with Crippen molar-refractivity contribution in [3.8, 4) is 0 Å². The van der Waals surface area contributed by atoms with Gasteiger partial charge in [-0.3, -0.25) is 13.9 Å². The standard InChI is InChI=1S/C27H39N3O4S/c1-8-21(5)28-27(32)22(6)29(17-23-14-10-9-13-20(23)4)26(31)18-30(35(7,33)34)25-16-12-11-15-24(25)19(2)3/h9-16,19,21-22H,8,17-18H2,1-7H3,(H,28,32)/t21-,22-/m0/s1. The molecule has 0 saturated carbocycles. The van der Waals surface area contributed by atoms with Crippen molar-refractivity contribution in [1.29, 1.82) is 0 Å². The number of sulfonamides is 1. The summed E-state index contributed by atoms with van der Waals surface area (Å²) < 4.78 is 26.8. The Morgan fingerprint density at radius 2 is 1.57 bits per heavy atom. The Kier molecular flexibility index (Phi) is 9.89. The molecule has 2 amide bonds. The monoisotopic (exact) mass is 501 g/mol. The van der Waals surface area contributed by atoms with Crippen LogP contribution < -0.4 is 9.62 Å². The van der Waals surface area contributed by atoms with Gasteiger partial charge in [-0.15, -0.1) is 0 Å². The van der Waals surface area contributed by atoms with Gasteiger partial charge in [0.25, 0.3) is 0 Å². The second kappa shape index (κ2) is 12.2. The van der Waals surface area contributed by atoms with Gasteiger partial charge in [0.1, 0.15) is 12.6 Å². The van der Waals surface area contributed by atoms with Crippen LogP contribution in [0.15, 0.2) is 48.5 Å². The summed E-state index contributed by atoms with van der Waals surface area (Å²) in [7, 11) is -3.77. The highest BCUT2D eigenvalue weighted by molar-refractivity contribution is 7.92. The highest BCUT2D eigenvalue weighted by atomic mass is 32.2. The van der Waals surface area contributed by atoms with Gasteiger partial charge in [-0.05, 0) is 55.9 Å². The first-order valence-corrected chi connectivity index (χ1v) is 13.9. The zero-order chi connectivity index (χ0) is 26.3. The summed E-state index contributed by atoms with van der Waals surface area (Å²) in [5.41, 5.74) is 3.20. The summed E-state index contributed by atoms with van der Waals surface area (Å²) in [4.78, 5) is 28.2. The van der Waals surface area contributed by atoms with E-state index >= 15 is 0 Å². The van der Waals surface area contributed by atoms with Gasteiger partial charge in [0.15, 0.2) is 0 Å². The van der Waals surface area contributed by atoms with E-state index in [1.165, 1.54) is 4.90 Å². The van der Waals surface area contributed by atoms with Crippen LogP contribution in [0.2, 0.25) is 0 Å². The molecule has 0 saturated heterocycles. The highest BCUT2D eigenvalue weighted by Crippen LogP contribution is 2.29. The number of benzene rings is 2. The molecule has 0 aliphatic heterocycles. The molecular formula is C27H39N3O4S. The molecule has 2 atom stereocenters. The van der Waals surface area contributed by atoms with E-state index in [1.807, 2.05) is 71.0 Å². The van der Waals surface area contributed by atoms with Crippen molar-refractivity contribution >= 4 is 27.5 Å². The number of amides is 2. The summed E-state index contributed by atoms with van der Waals surface area (Å²) in [6, 6.07) is 14.0. The van der Waals surface area contributed by atoms with Crippen molar-refractivity contribution in [1.82, 2.24) is 10.2 Å². The summed E-state index contributed by atoms with van der Waals surface area (Å²) in [6.45, 7) is 11.3. The molecule has 0 fully saturated rings. The van der Waals surface area contributed by atoms with Crippen molar-refractivity contribution in [2.24, 2.45) is 0 Å². The van der Waals surface area contributed by atoms with E-state index < -0.39 is 28.5 Å². The third-order valence-electron chi connectivity index (χ3n) is 6.28. The van der Waals surface area contributed by atoms with E-state index in [-0.39, 0.29) is 24.4 Å². The molecule has 8 heteroatoms. The average Bonchev–Trinajstić information content (AvgIpc) is 2.80. The van der Waals surface area contributed by atoms with Crippen LogP contribution in [0.4, 0.5) is 5.69 Å². The second-order valence-corrected chi connectivity index (χ2v) is 11.3. The minimum Gasteiger partial charge on any atom is -0.352 e. The van der Waals surface area contributed by atoms with Gasteiger partial charge in [-0.2, -0.15) is 0 Å². The Labute approximate surface area is 210 Å². The lowest BCUT2D eigenvalue weighted by molar-refractivity contribution is -0.139. The van der Waals surface area contributed by atoms with Gasteiger partial charge in [-0.25, -0.2) is 8.42 Å². The number of anilines is 1. The van der Waals surface area contributed by atoms with Gasteiger partial charge in [0.2, 0.25) is 21.8 Å². The van der Waals surface area contributed by atoms with Crippen LogP contribution >= 0.6 is 0 Å². The third-order valence-corrected chi connectivity index (χ3v) is 7.40. The minimum absolute atomic E-state index is 0.0363. The average molecular weight is 502 g/mol.